The van der Waals surface area contributed by atoms with Crippen LogP contribution in [0.2, 0.25) is 5.02 Å². The van der Waals surface area contributed by atoms with Crippen LogP contribution in [0.5, 0.6) is 5.75 Å². The molecule has 0 spiro atoms. The van der Waals surface area contributed by atoms with E-state index in [1.54, 1.807) is 0 Å². The third kappa shape index (κ3) is 4.09. The fourth-order valence-corrected chi connectivity index (χ4v) is 1.43. The average molecular weight is 287 g/mol. The van der Waals surface area contributed by atoms with Gasteiger partial charge in [0.25, 0.3) is 0 Å². The number of Topliss-reactive ketones (excluding diaryl/α,β-unsaturated/α-hetero) is 1. The van der Waals surface area contributed by atoms with Crippen LogP contribution in [-0.2, 0) is 0 Å². The summed E-state index contributed by atoms with van der Waals surface area (Å²) in [4.78, 5) is 11.5. The zero-order valence-corrected chi connectivity index (χ0v) is 10.0. The van der Waals surface area contributed by atoms with Gasteiger partial charge in [-0.15, -0.1) is 24.8 Å². The summed E-state index contributed by atoms with van der Waals surface area (Å²) in [6.45, 7) is 1.40. The average Bonchev–Trinajstić information content (AvgIpc) is 2.17. The summed E-state index contributed by atoms with van der Waals surface area (Å²) in [6, 6.07) is 3.08. The van der Waals surface area contributed by atoms with Gasteiger partial charge in [0.2, 0.25) is 0 Å². The molecule has 0 N–H and O–H groups in total. The Morgan fingerprint density at radius 1 is 1.41 bits per heavy atom. The highest BCUT2D eigenvalue weighted by atomic mass is 35.5. The maximum atomic E-state index is 12.0. The van der Waals surface area contributed by atoms with Gasteiger partial charge in [-0.3, -0.25) is 4.79 Å². The van der Waals surface area contributed by atoms with Crippen molar-refractivity contribution in [3.8, 4) is 5.75 Å². The standard InChI is InChI=1S/C10H7Cl2F3O2/c1-5(11)9(16)7-4-6(2-3-8(7)12)17-10(13,14)15/h2-5H,1H3. The Morgan fingerprint density at radius 3 is 2.47 bits per heavy atom. The van der Waals surface area contributed by atoms with E-state index in [4.69, 9.17) is 23.2 Å². The summed E-state index contributed by atoms with van der Waals surface area (Å²) in [5.74, 6) is -1.08. The molecule has 0 radical (unpaired) electrons. The van der Waals surface area contributed by atoms with E-state index >= 15 is 0 Å². The number of carbonyl (C=O) groups excluding carboxylic acids is 1. The monoisotopic (exact) mass is 286 g/mol. The van der Waals surface area contributed by atoms with Crippen LogP contribution in [0.3, 0.4) is 0 Å². The van der Waals surface area contributed by atoms with Crippen molar-refractivity contribution in [1.82, 2.24) is 0 Å². The van der Waals surface area contributed by atoms with Gasteiger partial charge in [-0.25, -0.2) is 0 Å². The van der Waals surface area contributed by atoms with Crippen molar-refractivity contribution in [2.45, 2.75) is 18.7 Å². The predicted molar refractivity (Wildman–Crippen MR) is 57.8 cm³/mol. The van der Waals surface area contributed by atoms with E-state index in [9.17, 15) is 18.0 Å². The van der Waals surface area contributed by atoms with Gasteiger partial charge in [0.05, 0.1) is 10.4 Å². The first-order chi connectivity index (χ1) is 7.70. The van der Waals surface area contributed by atoms with Crippen molar-refractivity contribution >= 4 is 29.0 Å². The molecule has 17 heavy (non-hydrogen) atoms. The zero-order valence-electron chi connectivity index (χ0n) is 8.52. The summed E-state index contributed by atoms with van der Waals surface area (Å²) in [7, 11) is 0. The molecular formula is C10H7Cl2F3O2. The molecule has 0 aliphatic heterocycles. The second-order valence-corrected chi connectivity index (χ2v) is 4.23. The van der Waals surface area contributed by atoms with Crippen LogP contribution in [0.4, 0.5) is 13.2 Å². The molecule has 0 saturated carbocycles. The number of hydrogen-bond donors (Lipinski definition) is 0. The van der Waals surface area contributed by atoms with Crippen molar-refractivity contribution in [1.29, 1.82) is 0 Å². The third-order valence-electron chi connectivity index (χ3n) is 1.80. The van der Waals surface area contributed by atoms with Crippen molar-refractivity contribution < 1.29 is 22.7 Å². The lowest BCUT2D eigenvalue weighted by molar-refractivity contribution is -0.274. The third-order valence-corrected chi connectivity index (χ3v) is 2.33. The highest BCUT2D eigenvalue weighted by molar-refractivity contribution is 6.38. The Kier molecular flexibility index (Phi) is 4.27. The summed E-state index contributed by atoms with van der Waals surface area (Å²) in [5, 5.41) is -0.856. The summed E-state index contributed by atoms with van der Waals surface area (Å²) in [6.07, 6.45) is -4.82. The second-order valence-electron chi connectivity index (χ2n) is 3.17. The fourth-order valence-electron chi connectivity index (χ4n) is 1.10. The summed E-state index contributed by atoms with van der Waals surface area (Å²) in [5.41, 5.74) is -0.101. The molecule has 0 saturated heterocycles. The van der Waals surface area contributed by atoms with Crippen LogP contribution in [-0.4, -0.2) is 17.5 Å². The molecule has 1 rings (SSSR count). The molecule has 0 fully saturated rings. The highest BCUT2D eigenvalue weighted by Gasteiger charge is 2.31. The number of rotatable bonds is 3. The lowest BCUT2D eigenvalue weighted by Crippen LogP contribution is -2.18. The quantitative estimate of drug-likeness (QED) is 0.619. The van der Waals surface area contributed by atoms with Crippen LogP contribution in [0.25, 0.3) is 0 Å². The molecule has 0 bridgehead atoms. The minimum Gasteiger partial charge on any atom is -0.406 e. The van der Waals surface area contributed by atoms with Crippen molar-refractivity contribution in [3.63, 3.8) is 0 Å². The highest BCUT2D eigenvalue weighted by Crippen LogP contribution is 2.28. The number of ketones is 1. The topological polar surface area (TPSA) is 26.3 Å². The Labute approximate surface area is 105 Å². The first-order valence-electron chi connectivity index (χ1n) is 4.44. The second kappa shape index (κ2) is 5.14. The molecule has 1 atom stereocenters. The number of halogens is 5. The first-order valence-corrected chi connectivity index (χ1v) is 5.25. The van der Waals surface area contributed by atoms with Crippen molar-refractivity contribution in [3.05, 3.63) is 28.8 Å². The van der Waals surface area contributed by atoms with Crippen LogP contribution in [0, 0.1) is 0 Å². The molecule has 1 aromatic rings. The number of ether oxygens (including phenoxy) is 1. The van der Waals surface area contributed by atoms with Gasteiger partial charge < -0.3 is 4.74 Å². The van der Waals surface area contributed by atoms with Crippen molar-refractivity contribution in [2.24, 2.45) is 0 Å². The van der Waals surface area contributed by atoms with E-state index in [1.807, 2.05) is 0 Å². The smallest absolute Gasteiger partial charge is 0.406 e. The molecule has 1 aromatic carbocycles. The van der Waals surface area contributed by atoms with E-state index in [2.05, 4.69) is 4.74 Å². The molecule has 0 aromatic heterocycles. The molecular weight excluding hydrogens is 280 g/mol. The molecule has 2 nitrogen and oxygen atoms in total. The minimum absolute atomic E-state index is 0.0250. The lowest BCUT2D eigenvalue weighted by atomic mass is 10.1. The fraction of sp³-hybridized carbons (Fsp3) is 0.300. The molecule has 0 aliphatic carbocycles. The first kappa shape index (κ1) is 14.1. The largest absolute Gasteiger partial charge is 0.573 e. The molecule has 1 unspecified atom stereocenters. The van der Waals surface area contributed by atoms with Gasteiger partial charge in [0.15, 0.2) is 5.78 Å². The van der Waals surface area contributed by atoms with Crippen LogP contribution in [0.15, 0.2) is 18.2 Å². The Bertz CT molecular complexity index is 430. The van der Waals surface area contributed by atoms with Gasteiger partial charge >= 0.3 is 6.36 Å². The maximum Gasteiger partial charge on any atom is 0.573 e. The minimum atomic E-state index is -4.82. The number of benzene rings is 1. The number of carbonyl (C=O) groups is 1. The number of hydrogen-bond acceptors (Lipinski definition) is 2. The SMILES string of the molecule is CC(Cl)C(=O)c1cc(OC(F)(F)F)ccc1Cl. The van der Waals surface area contributed by atoms with Crippen molar-refractivity contribution in [2.75, 3.05) is 0 Å². The maximum absolute atomic E-state index is 12.0. The molecule has 0 amide bonds. The van der Waals surface area contributed by atoms with E-state index < -0.39 is 23.3 Å². The normalized spacial score (nSPS) is 13.3. The van der Waals surface area contributed by atoms with E-state index in [0.717, 1.165) is 18.2 Å². The Morgan fingerprint density at radius 2 is 2.00 bits per heavy atom. The predicted octanol–water partition coefficient (Wildman–Crippen LogP) is 4.05. The summed E-state index contributed by atoms with van der Waals surface area (Å²) < 4.78 is 39.6. The molecule has 0 heterocycles. The Hall–Kier alpha value is -0.940. The van der Waals surface area contributed by atoms with Crippen LogP contribution < -0.4 is 4.74 Å². The van der Waals surface area contributed by atoms with E-state index in [0.29, 0.717) is 0 Å². The zero-order chi connectivity index (χ0) is 13.2. The van der Waals surface area contributed by atoms with Crippen LogP contribution in [0.1, 0.15) is 17.3 Å². The van der Waals surface area contributed by atoms with Crippen LogP contribution >= 0.6 is 23.2 Å². The van der Waals surface area contributed by atoms with E-state index in [-0.39, 0.29) is 10.6 Å². The van der Waals surface area contributed by atoms with Gasteiger partial charge in [-0.05, 0) is 25.1 Å². The van der Waals surface area contributed by atoms with Gasteiger partial charge in [0, 0.05) is 5.56 Å². The number of alkyl halides is 4. The van der Waals surface area contributed by atoms with Gasteiger partial charge in [-0.2, -0.15) is 0 Å². The molecule has 0 aliphatic rings. The van der Waals surface area contributed by atoms with Gasteiger partial charge in [0.1, 0.15) is 5.75 Å². The Balaban J connectivity index is 3.07. The van der Waals surface area contributed by atoms with E-state index in [1.165, 1.54) is 6.92 Å². The molecule has 94 valence electrons. The van der Waals surface area contributed by atoms with Gasteiger partial charge in [-0.1, -0.05) is 11.6 Å². The molecule has 7 heteroatoms. The lowest BCUT2D eigenvalue weighted by Gasteiger charge is -2.11. The summed E-state index contributed by atoms with van der Waals surface area (Å²) >= 11 is 11.2.